The van der Waals surface area contributed by atoms with E-state index in [1.54, 1.807) is 12.1 Å². The molecule has 2 heterocycles. The van der Waals surface area contributed by atoms with Gasteiger partial charge in [-0.3, -0.25) is 9.59 Å². The first-order valence-corrected chi connectivity index (χ1v) is 10.1. The molecule has 3 N–H and O–H groups in total. The van der Waals surface area contributed by atoms with E-state index in [2.05, 4.69) is 16.7 Å². The van der Waals surface area contributed by atoms with Crippen molar-refractivity contribution in [1.29, 1.82) is 0 Å². The van der Waals surface area contributed by atoms with Crippen molar-refractivity contribution in [3.8, 4) is 10.6 Å². The molecule has 1 atom stereocenters. The molecule has 0 fully saturated rings. The highest BCUT2D eigenvalue weighted by molar-refractivity contribution is 7.13. The van der Waals surface area contributed by atoms with Gasteiger partial charge >= 0.3 is 11.8 Å². The zero-order chi connectivity index (χ0) is 19.1. The number of carbonyl (C=O) groups is 2. The molecule has 1 aliphatic carbocycles. The molecule has 3 rings (SSSR count). The van der Waals surface area contributed by atoms with Crippen molar-refractivity contribution in [2.75, 3.05) is 13.1 Å². The van der Waals surface area contributed by atoms with Gasteiger partial charge in [-0.05, 0) is 55.7 Å². The maximum atomic E-state index is 11.9. The van der Waals surface area contributed by atoms with Gasteiger partial charge in [-0.25, -0.2) is 0 Å². The summed E-state index contributed by atoms with van der Waals surface area (Å²) in [6.45, 7) is 0.359. The first kappa shape index (κ1) is 19.4. The van der Waals surface area contributed by atoms with Crippen molar-refractivity contribution in [1.82, 2.24) is 10.6 Å². The van der Waals surface area contributed by atoms with Gasteiger partial charge in [0.1, 0.15) is 17.6 Å². The summed E-state index contributed by atoms with van der Waals surface area (Å²) >= 11 is 1.54. The molecule has 0 aromatic carbocycles. The summed E-state index contributed by atoms with van der Waals surface area (Å²) in [7, 11) is 0. The number of aliphatic hydroxyl groups is 1. The van der Waals surface area contributed by atoms with Gasteiger partial charge < -0.3 is 20.2 Å². The van der Waals surface area contributed by atoms with Crippen molar-refractivity contribution in [3.63, 3.8) is 0 Å². The molecule has 0 aliphatic heterocycles. The Balaban J connectivity index is 1.40. The minimum atomic E-state index is -1.01. The first-order chi connectivity index (χ1) is 13.1. The highest BCUT2D eigenvalue weighted by atomic mass is 32.1. The lowest BCUT2D eigenvalue weighted by Crippen LogP contribution is -2.41. The first-order valence-electron chi connectivity index (χ1n) is 9.19. The van der Waals surface area contributed by atoms with E-state index in [4.69, 9.17) is 4.42 Å². The maximum absolute atomic E-state index is 11.9. The van der Waals surface area contributed by atoms with E-state index in [0.717, 1.165) is 24.1 Å². The zero-order valence-electron chi connectivity index (χ0n) is 15.1. The summed E-state index contributed by atoms with van der Waals surface area (Å²) in [5, 5.41) is 17.2. The fourth-order valence-corrected chi connectivity index (χ4v) is 3.69. The molecule has 0 saturated heterocycles. The van der Waals surface area contributed by atoms with E-state index < -0.39 is 17.9 Å². The maximum Gasteiger partial charge on any atom is 0.309 e. The average Bonchev–Trinajstić information content (AvgIpc) is 3.38. The topological polar surface area (TPSA) is 91.6 Å². The number of aliphatic hydroxyl groups excluding tert-OH is 1. The van der Waals surface area contributed by atoms with Crippen LogP contribution in [0.15, 0.2) is 45.7 Å². The molecule has 6 nitrogen and oxygen atoms in total. The van der Waals surface area contributed by atoms with E-state index in [1.165, 1.54) is 29.8 Å². The Morgan fingerprint density at radius 2 is 2.04 bits per heavy atom. The molecule has 0 saturated carbocycles. The number of hydrogen-bond donors (Lipinski definition) is 3. The molecule has 2 amide bonds. The van der Waals surface area contributed by atoms with Gasteiger partial charge in [-0.2, -0.15) is 0 Å². The van der Waals surface area contributed by atoms with Crippen molar-refractivity contribution in [2.45, 2.75) is 38.2 Å². The molecule has 2 aromatic rings. The normalized spacial score (nSPS) is 15.1. The number of amides is 2. The number of nitrogens with one attached hydrogen (secondary N) is 2. The molecular weight excluding hydrogens is 364 g/mol. The number of allylic oxidation sites excluding steroid dienone is 1. The zero-order valence-corrected chi connectivity index (χ0v) is 15.9. The second-order valence-corrected chi connectivity index (χ2v) is 7.47. The molecule has 0 radical (unpaired) electrons. The quantitative estimate of drug-likeness (QED) is 0.502. The van der Waals surface area contributed by atoms with Crippen LogP contribution in [0.25, 0.3) is 10.6 Å². The van der Waals surface area contributed by atoms with Gasteiger partial charge in [-0.15, -0.1) is 11.3 Å². The summed E-state index contributed by atoms with van der Waals surface area (Å²) in [5.74, 6) is -0.419. The van der Waals surface area contributed by atoms with E-state index in [1.807, 2.05) is 17.5 Å². The number of furan rings is 1. The monoisotopic (exact) mass is 388 g/mol. The van der Waals surface area contributed by atoms with Crippen LogP contribution in [-0.4, -0.2) is 30.0 Å². The van der Waals surface area contributed by atoms with E-state index in [-0.39, 0.29) is 6.54 Å². The lowest BCUT2D eigenvalue weighted by Gasteiger charge is -2.13. The van der Waals surface area contributed by atoms with Gasteiger partial charge in [0.15, 0.2) is 0 Å². The van der Waals surface area contributed by atoms with Crippen molar-refractivity contribution in [2.24, 2.45) is 0 Å². The standard InChI is InChI=1S/C20H24N2O4S/c23-15(16-8-9-17(26-16)18-7-4-12-27-18)13-22-20(25)19(24)21-11-10-14-5-2-1-3-6-14/h4-5,7-9,12,15,23H,1-3,6,10-11,13H2,(H,21,24)(H,22,25). The fourth-order valence-electron chi connectivity index (χ4n) is 3.00. The van der Waals surface area contributed by atoms with Crippen LogP contribution in [0.2, 0.25) is 0 Å². The van der Waals surface area contributed by atoms with Crippen LogP contribution < -0.4 is 10.6 Å². The van der Waals surface area contributed by atoms with Gasteiger partial charge in [0.2, 0.25) is 0 Å². The highest BCUT2D eigenvalue weighted by Gasteiger charge is 2.18. The lowest BCUT2D eigenvalue weighted by molar-refractivity contribution is -0.139. The smallest absolute Gasteiger partial charge is 0.309 e. The second-order valence-electron chi connectivity index (χ2n) is 6.52. The highest BCUT2D eigenvalue weighted by Crippen LogP contribution is 2.28. The molecule has 1 aliphatic rings. The minimum absolute atomic E-state index is 0.0885. The van der Waals surface area contributed by atoms with Crippen LogP contribution in [0.5, 0.6) is 0 Å². The van der Waals surface area contributed by atoms with Crippen molar-refractivity contribution in [3.05, 3.63) is 47.1 Å². The summed E-state index contributed by atoms with van der Waals surface area (Å²) in [5.41, 5.74) is 1.34. The molecule has 0 bridgehead atoms. The van der Waals surface area contributed by atoms with E-state index >= 15 is 0 Å². The van der Waals surface area contributed by atoms with Crippen LogP contribution in [0.3, 0.4) is 0 Å². The summed E-state index contributed by atoms with van der Waals surface area (Å²) in [4.78, 5) is 24.7. The van der Waals surface area contributed by atoms with Crippen LogP contribution >= 0.6 is 11.3 Å². The Hall–Kier alpha value is -2.38. The van der Waals surface area contributed by atoms with Gasteiger partial charge in [-0.1, -0.05) is 17.7 Å². The molecule has 1 unspecified atom stereocenters. The number of hydrogen-bond acceptors (Lipinski definition) is 5. The number of rotatable bonds is 7. The summed E-state index contributed by atoms with van der Waals surface area (Å²) < 4.78 is 5.62. The predicted molar refractivity (Wildman–Crippen MR) is 104 cm³/mol. The fraction of sp³-hybridized carbons (Fsp3) is 0.400. The SMILES string of the molecule is O=C(NCCC1=CCCCC1)C(=O)NCC(O)c1ccc(-c2cccs2)o1. The van der Waals surface area contributed by atoms with Crippen molar-refractivity contribution < 1.29 is 19.1 Å². The Bertz CT molecular complexity index is 795. The molecule has 144 valence electrons. The third-order valence-electron chi connectivity index (χ3n) is 4.50. The third-order valence-corrected chi connectivity index (χ3v) is 5.38. The van der Waals surface area contributed by atoms with Crippen LogP contribution in [0.1, 0.15) is 44.0 Å². The largest absolute Gasteiger partial charge is 0.457 e. The third kappa shape index (κ3) is 5.55. The Morgan fingerprint density at radius 3 is 2.78 bits per heavy atom. The van der Waals surface area contributed by atoms with Crippen LogP contribution in [0, 0.1) is 0 Å². The minimum Gasteiger partial charge on any atom is -0.457 e. The molecular formula is C20H24N2O4S. The van der Waals surface area contributed by atoms with Gasteiger partial charge in [0.25, 0.3) is 0 Å². The Morgan fingerprint density at radius 1 is 1.19 bits per heavy atom. The van der Waals surface area contributed by atoms with Gasteiger partial charge in [0, 0.05) is 6.54 Å². The van der Waals surface area contributed by atoms with E-state index in [9.17, 15) is 14.7 Å². The molecule has 7 heteroatoms. The molecule has 27 heavy (non-hydrogen) atoms. The lowest BCUT2D eigenvalue weighted by atomic mass is 9.97. The molecule has 2 aromatic heterocycles. The molecule has 0 spiro atoms. The van der Waals surface area contributed by atoms with Crippen molar-refractivity contribution >= 4 is 23.2 Å². The predicted octanol–water partition coefficient (Wildman–Crippen LogP) is 3.16. The summed E-state index contributed by atoms with van der Waals surface area (Å²) in [6, 6.07) is 7.29. The number of carbonyl (C=O) groups excluding carboxylic acids is 2. The Kier molecular flexibility index (Phi) is 6.84. The van der Waals surface area contributed by atoms with Crippen LogP contribution in [-0.2, 0) is 9.59 Å². The van der Waals surface area contributed by atoms with E-state index in [0.29, 0.717) is 18.1 Å². The van der Waals surface area contributed by atoms with Crippen LogP contribution in [0.4, 0.5) is 0 Å². The number of thiophene rings is 1. The second kappa shape index (κ2) is 9.53. The Labute approximate surface area is 162 Å². The summed E-state index contributed by atoms with van der Waals surface area (Å²) in [6.07, 6.45) is 6.58. The average molecular weight is 388 g/mol. The van der Waals surface area contributed by atoms with Gasteiger partial charge in [0.05, 0.1) is 11.4 Å².